The molecule has 0 aromatic heterocycles. The van der Waals surface area contributed by atoms with Gasteiger partial charge in [0.25, 0.3) is 5.91 Å². The van der Waals surface area contributed by atoms with Gasteiger partial charge in [-0.05, 0) is 48.2 Å². The van der Waals surface area contributed by atoms with Crippen molar-refractivity contribution in [3.05, 3.63) is 59.2 Å². The molecule has 0 radical (unpaired) electrons. The average molecular weight is 398 g/mol. The van der Waals surface area contributed by atoms with Crippen molar-refractivity contribution in [3.8, 4) is 11.5 Å². The maximum Gasteiger partial charge on any atom is 0.255 e. The van der Waals surface area contributed by atoms with Crippen LogP contribution in [0.5, 0.6) is 11.5 Å². The van der Waals surface area contributed by atoms with E-state index in [9.17, 15) is 4.79 Å². The molecule has 0 saturated carbocycles. The van der Waals surface area contributed by atoms with E-state index < -0.39 is 0 Å². The van der Waals surface area contributed by atoms with Crippen LogP contribution < -0.4 is 9.47 Å². The Morgan fingerprint density at radius 3 is 2.64 bits per heavy atom. The number of nitrogens with zero attached hydrogens (tertiary/aromatic N) is 1. The summed E-state index contributed by atoms with van der Waals surface area (Å²) >= 11 is 1.80. The lowest BCUT2D eigenvalue weighted by molar-refractivity contribution is 0.0760. The number of rotatable bonds is 6. The van der Waals surface area contributed by atoms with Crippen molar-refractivity contribution in [2.75, 3.05) is 25.5 Å². The maximum absolute atomic E-state index is 13.1. The van der Waals surface area contributed by atoms with Crippen LogP contribution in [-0.4, -0.2) is 36.3 Å². The van der Waals surface area contributed by atoms with Gasteiger partial charge in [0.15, 0.2) is 11.5 Å². The standard InChI is InChI=1S/C23H27NO3S/c1-2-3-4-5-17-6-8-18(9-7-17)22(25)24-12-15-28-23(24)19-10-11-20-21(16-19)27-14-13-26-20/h6-11,16,23H,2-5,12-15H2,1H3. The third-order valence-electron chi connectivity index (χ3n) is 5.27. The highest BCUT2D eigenvalue weighted by atomic mass is 32.2. The van der Waals surface area contributed by atoms with Crippen LogP contribution in [-0.2, 0) is 6.42 Å². The lowest BCUT2D eigenvalue weighted by atomic mass is 10.0. The number of hydrogen-bond acceptors (Lipinski definition) is 4. The van der Waals surface area contributed by atoms with Gasteiger partial charge in [-0.15, -0.1) is 11.8 Å². The Hall–Kier alpha value is -2.14. The van der Waals surface area contributed by atoms with Crippen LogP contribution in [0.4, 0.5) is 0 Å². The molecule has 4 rings (SSSR count). The number of aryl methyl sites for hydroxylation is 1. The van der Waals surface area contributed by atoms with Crippen LogP contribution in [0.3, 0.4) is 0 Å². The highest BCUT2D eigenvalue weighted by molar-refractivity contribution is 7.99. The van der Waals surface area contributed by atoms with E-state index >= 15 is 0 Å². The molecule has 1 unspecified atom stereocenters. The summed E-state index contributed by atoms with van der Waals surface area (Å²) in [5, 5.41) is 0.0209. The quantitative estimate of drug-likeness (QED) is 0.637. The number of amides is 1. The molecule has 2 aliphatic rings. The first-order valence-electron chi connectivity index (χ1n) is 10.2. The Kier molecular flexibility index (Phi) is 6.10. The van der Waals surface area contributed by atoms with Crippen LogP contribution in [0.25, 0.3) is 0 Å². The molecule has 148 valence electrons. The van der Waals surface area contributed by atoms with E-state index in [2.05, 4.69) is 19.1 Å². The first kappa shape index (κ1) is 19.2. The predicted octanol–water partition coefficient (Wildman–Crippen LogP) is 5.08. The monoisotopic (exact) mass is 397 g/mol. The molecule has 5 heteroatoms. The van der Waals surface area contributed by atoms with E-state index in [-0.39, 0.29) is 11.3 Å². The normalized spacial score (nSPS) is 18.3. The van der Waals surface area contributed by atoms with Gasteiger partial charge in [-0.25, -0.2) is 0 Å². The van der Waals surface area contributed by atoms with Crippen molar-refractivity contribution in [1.29, 1.82) is 0 Å². The first-order valence-corrected chi connectivity index (χ1v) is 11.2. The zero-order valence-corrected chi connectivity index (χ0v) is 17.2. The molecule has 0 bridgehead atoms. The van der Waals surface area contributed by atoms with Crippen LogP contribution in [0.1, 0.15) is 53.0 Å². The van der Waals surface area contributed by atoms with Gasteiger partial charge in [0, 0.05) is 17.9 Å². The van der Waals surface area contributed by atoms with Crippen LogP contribution in [0.2, 0.25) is 0 Å². The zero-order chi connectivity index (χ0) is 19.3. The number of ether oxygens (including phenoxy) is 2. The summed E-state index contributed by atoms with van der Waals surface area (Å²) in [7, 11) is 0. The second-order valence-electron chi connectivity index (χ2n) is 7.28. The van der Waals surface area contributed by atoms with Gasteiger partial charge in [0.05, 0.1) is 0 Å². The fraction of sp³-hybridized carbons (Fsp3) is 0.435. The Morgan fingerprint density at radius 2 is 1.86 bits per heavy atom. The van der Waals surface area contributed by atoms with Crippen molar-refractivity contribution in [3.63, 3.8) is 0 Å². The summed E-state index contributed by atoms with van der Waals surface area (Å²) in [4.78, 5) is 15.1. The number of thioether (sulfide) groups is 1. The third-order valence-corrected chi connectivity index (χ3v) is 6.53. The SMILES string of the molecule is CCCCCc1ccc(C(=O)N2CCSC2c2ccc3c(c2)OCCO3)cc1. The molecular weight excluding hydrogens is 370 g/mol. The minimum Gasteiger partial charge on any atom is -0.486 e. The average Bonchev–Trinajstić information content (AvgIpc) is 3.23. The summed E-state index contributed by atoms with van der Waals surface area (Å²) in [6.45, 7) is 4.14. The van der Waals surface area contributed by atoms with E-state index in [4.69, 9.17) is 9.47 Å². The van der Waals surface area contributed by atoms with Crippen LogP contribution in [0.15, 0.2) is 42.5 Å². The molecule has 2 aromatic carbocycles. The lowest BCUT2D eigenvalue weighted by Gasteiger charge is -2.26. The summed E-state index contributed by atoms with van der Waals surface area (Å²) in [5.74, 6) is 2.61. The highest BCUT2D eigenvalue weighted by Gasteiger charge is 2.32. The number of benzene rings is 2. The number of hydrogen-bond donors (Lipinski definition) is 0. The molecule has 0 spiro atoms. The van der Waals surface area contributed by atoms with E-state index in [1.54, 1.807) is 11.8 Å². The van der Waals surface area contributed by atoms with Crippen molar-refractivity contribution in [2.45, 2.75) is 38.0 Å². The van der Waals surface area contributed by atoms with Crippen molar-refractivity contribution in [2.24, 2.45) is 0 Å². The van der Waals surface area contributed by atoms with E-state index in [0.717, 1.165) is 41.3 Å². The number of fused-ring (bicyclic) bond motifs is 1. The second-order valence-corrected chi connectivity index (χ2v) is 8.47. The summed E-state index contributed by atoms with van der Waals surface area (Å²) in [6.07, 6.45) is 4.77. The molecule has 1 saturated heterocycles. The molecule has 0 aliphatic carbocycles. The number of carbonyl (C=O) groups is 1. The smallest absolute Gasteiger partial charge is 0.255 e. The van der Waals surface area contributed by atoms with Gasteiger partial charge in [-0.3, -0.25) is 4.79 Å². The van der Waals surface area contributed by atoms with E-state index in [1.165, 1.54) is 24.8 Å². The fourth-order valence-electron chi connectivity index (χ4n) is 3.73. The van der Waals surface area contributed by atoms with E-state index in [1.807, 2.05) is 35.2 Å². The molecule has 28 heavy (non-hydrogen) atoms. The van der Waals surface area contributed by atoms with Gasteiger partial charge in [-0.2, -0.15) is 0 Å². The zero-order valence-electron chi connectivity index (χ0n) is 16.4. The Labute approximate surface area is 171 Å². The highest BCUT2D eigenvalue weighted by Crippen LogP contribution is 2.42. The minimum atomic E-state index is 0.0209. The maximum atomic E-state index is 13.1. The lowest BCUT2D eigenvalue weighted by Crippen LogP contribution is -2.30. The molecule has 1 atom stereocenters. The van der Waals surface area contributed by atoms with E-state index in [0.29, 0.717) is 13.2 Å². The number of carbonyl (C=O) groups excluding carboxylic acids is 1. The molecule has 1 amide bonds. The van der Waals surface area contributed by atoms with Gasteiger partial charge in [-0.1, -0.05) is 38.0 Å². The minimum absolute atomic E-state index is 0.0209. The van der Waals surface area contributed by atoms with Gasteiger partial charge in [0.1, 0.15) is 18.6 Å². The molecule has 2 aromatic rings. The molecular formula is C23H27NO3S. The predicted molar refractivity (Wildman–Crippen MR) is 113 cm³/mol. The summed E-state index contributed by atoms with van der Waals surface area (Å²) in [6, 6.07) is 14.2. The Bertz CT molecular complexity index is 821. The van der Waals surface area contributed by atoms with Gasteiger partial charge < -0.3 is 14.4 Å². The van der Waals surface area contributed by atoms with Crippen molar-refractivity contribution >= 4 is 17.7 Å². The summed E-state index contributed by atoms with van der Waals surface area (Å²) < 4.78 is 11.3. The number of unbranched alkanes of at least 4 members (excludes halogenated alkanes) is 2. The van der Waals surface area contributed by atoms with Gasteiger partial charge >= 0.3 is 0 Å². The molecule has 4 nitrogen and oxygen atoms in total. The fourth-order valence-corrected chi connectivity index (χ4v) is 4.97. The Morgan fingerprint density at radius 1 is 1.07 bits per heavy atom. The largest absolute Gasteiger partial charge is 0.486 e. The van der Waals surface area contributed by atoms with Crippen LogP contribution in [0, 0.1) is 0 Å². The summed E-state index contributed by atoms with van der Waals surface area (Å²) in [5.41, 5.74) is 3.17. The first-order chi connectivity index (χ1) is 13.8. The van der Waals surface area contributed by atoms with Crippen molar-refractivity contribution < 1.29 is 14.3 Å². The van der Waals surface area contributed by atoms with Gasteiger partial charge in [0.2, 0.25) is 0 Å². The Balaban J connectivity index is 1.48. The topological polar surface area (TPSA) is 38.8 Å². The third kappa shape index (κ3) is 4.14. The van der Waals surface area contributed by atoms with Crippen molar-refractivity contribution in [1.82, 2.24) is 4.90 Å². The molecule has 1 fully saturated rings. The molecule has 2 aliphatic heterocycles. The second kappa shape index (κ2) is 8.91. The van der Waals surface area contributed by atoms with Crippen LogP contribution >= 0.6 is 11.8 Å². The molecule has 0 N–H and O–H groups in total. The molecule has 2 heterocycles.